The maximum Gasteiger partial charge on any atom is 2.00 e. The van der Waals surface area contributed by atoms with Gasteiger partial charge in [-0.3, -0.25) is 0 Å². The Labute approximate surface area is 204 Å². The van der Waals surface area contributed by atoms with E-state index in [0.29, 0.717) is 10.8 Å². The Bertz CT molecular complexity index is 1110. The fraction of sp³-hybridized carbons (Fsp3) is 0. The molecule has 0 N–H and O–H groups in total. The number of hydrogen-bond donors (Lipinski definition) is 0. The molecule has 0 unspecified atom stereocenters. The summed E-state index contributed by atoms with van der Waals surface area (Å²) in [5.41, 5.74) is 0.451. The minimum atomic E-state index is -1.14. The molecular weight excluding hydrogens is 600 g/mol. The first-order chi connectivity index (χ1) is 13.4. The summed E-state index contributed by atoms with van der Waals surface area (Å²) >= 11 is 6.73. The van der Waals surface area contributed by atoms with Crippen molar-refractivity contribution in [3.63, 3.8) is 0 Å². The van der Waals surface area contributed by atoms with Crippen LogP contribution in [0.1, 0.15) is 20.7 Å². The van der Waals surface area contributed by atoms with Gasteiger partial charge in [-0.15, -0.1) is 0 Å². The average molecular weight is 613 g/mol. The molecule has 0 atom stereocenters. The van der Waals surface area contributed by atoms with Crippen molar-refractivity contribution in [3.05, 3.63) is 92.9 Å². The van der Waals surface area contributed by atoms with E-state index < -0.39 is 11.9 Å². The molecule has 140 valence electrons. The molecule has 0 radical (unpaired) electrons. The zero-order chi connectivity index (χ0) is 20.3. The molecule has 0 spiro atoms. The molecule has 0 bridgehead atoms. The predicted octanol–water partition coefficient (Wildman–Crippen LogP) is 3.93. The molecule has 29 heavy (non-hydrogen) atoms. The standard InChI is InChI=1S/2C11H7BrO2.Cd/c2*12-10-6-5-9(11(13)14)7-3-1-2-4-8(7)10;/h2*1-6H,(H,13,14);/q;;+2/p-2. The molecule has 0 heterocycles. The number of carbonyl (C=O) groups is 2. The van der Waals surface area contributed by atoms with Gasteiger partial charge in [-0.05, 0) is 33.7 Å². The fourth-order valence-corrected chi connectivity index (χ4v) is 3.84. The van der Waals surface area contributed by atoms with E-state index in [2.05, 4.69) is 31.9 Å². The maximum absolute atomic E-state index is 10.8. The van der Waals surface area contributed by atoms with Gasteiger partial charge < -0.3 is 19.8 Å². The Morgan fingerprint density at radius 1 is 0.552 bits per heavy atom. The molecule has 0 saturated carbocycles. The van der Waals surface area contributed by atoms with E-state index in [4.69, 9.17) is 0 Å². The number of halogens is 2. The molecule has 0 aliphatic carbocycles. The number of fused-ring (bicyclic) bond motifs is 2. The summed E-state index contributed by atoms with van der Waals surface area (Å²) in [6, 6.07) is 21.1. The van der Waals surface area contributed by atoms with Crippen molar-refractivity contribution in [3.8, 4) is 0 Å². The van der Waals surface area contributed by atoms with Gasteiger partial charge in [0.15, 0.2) is 0 Å². The number of hydrogen-bond acceptors (Lipinski definition) is 4. The summed E-state index contributed by atoms with van der Waals surface area (Å²) in [6.07, 6.45) is 0. The predicted molar refractivity (Wildman–Crippen MR) is 112 cm³/mol. The quantitative estimate of drug-likeness (QED) is 0.322. The number of rotatable bonds is 2. The van der Waals surface area contributed by atoms with Crippen LogP contribution in [0.5, 0.6) is 0 Å². The topological polar surface area (TPSA) is 80.3 Å². The van der Waals surface area contributed by atoms with Gasteiger partial charge in [-0.2, -0.15) is 0 Å². The third-order valence-electron chi connectivity index (χ3n) is 4.18. The zero-order valence-electron chi connectivity index (χ0n) is 15.0. The summed E-state index contributed by atoms with van der Waals surface area (Å²) in [6.45, 7) is 0. The van der Waals surface area contributed by atoms with Gasteiger partial charge in [-0.1, -0.05) is 92.5 Å². The monoisotopic (exact) mass is 612 g/mol. The molecule has 0 aliphatic heterocycles. The number of benzene rings is 4. The van der Waals surface area contributed by atoms with Crippen molar-refractivity contribution in [1.29, 1.82) is 0 Å². The van der Waals surface area contributed by atoms with E-state index in [-0.39, 0.29) is 38.4 Å². The van der Waals surface area contributed by atoms with E-state index in [1.807, 2.05) is 24.3 Å². The van der Waals surface area contributed by atoms with Crippen molar-refractivity contribution < 1.29 is 47.1 Å². The van der Waals surface area contributed by atoms with Crippen molar-refractivity contribution in [2.24, 2.45) is 0 Å². The van der Waals surface area contributed by atoms with E-state index in [9.17, 15) is 19.8 Å². The van der Waals surface area contributed by atoms with Crippen LogP contribution in [0.3, 0.4) is 0 Å². The Balaban J connectivity index is 0.000000200. The second-order valence-corrected chi connectivity index (χ2v) is 7.56. The molecule has 0 amide bonds. The summed E-state index contributed by atoms with van der Waals surface area (Å²) in [5.74, 6) is -2.29. The Kier molecular flexibility index (Phi) is 8.36. The van der Waals surface area contributed by atoms with Crippen LogP contribution in [0.15, 0.2) is 81.7 Å². The molecule has 4 rings (SSSR count). The molecule has 0 saturated heterocycles. The van der Waals surface area contributed by atoms with Gasteiger partial charge in [-0.25, -0.2) is 0 Å². The molecule has 4 aromatic carbocycles. The van der Waals surface area contributed by atoms with Crippen LogP contribution in [0.25, 0.3) is 21.5 Å². The summed E-state index contributed by atoms with van der Waals surface area (Å²) in [5, 5.41) is 24.8. The van der Waals surface area contributed by atoms with Gasteiger partial charge in [0.2, 0.25) is 0 Å². The summed E-state index contributed by atoms with van der Waals surface area (Å²) < 4.78 is 1.77. The van der Waals surface area contributed by atoms with Crippen LogP contribution in [0.2, 0.25) is 0 Å². The first kappa shape index (κ1) is 23.5. The molecule has 0 fully saturated rings. The number of aromatic carboxylic acids is 2. The fourth-order valence-electron chi connectivity index (χ4n) is 2.88. The van der Waals surface area contributed by atoms with Crippen molar-refractivity contribution in [2.75, 3.05) is 0 Å². The van der Waals surface area contributed by atoms with Gasteiger partial charge in [0.1, 0.15) is 0 Å². The van der Waals surface area contributed by atoms with E-state index in [1.54, 1.807) is 48.5 Å². The first-order valence-electron chi connectivity index (χ1n) is 8.17. The zero-order valence-corrected chi connectivity index (χ0v) is 22.2. The van der Waals surface area contributed by atoms with Gasteiger partial charge in [0.25, 0.3) is 0 Å². The molecular formula is C22H12Br2CdO4. The molecule has 7 heteroatoms. The maximum atomic E-state index is 10.8. The van der Waals surface area contributed by atoms with E-state index in [1.165, 1.54) is 0 Å². The smallest absolute Gasteiger partial charge is 0.545 e. The molecule has 0 aliphatic rings. The largest absolute Gasteiger partial charge is 2.00 e. The second-order valence-electron chi connectivity index (χ2n) is 5.86. The Hall–Kier alpha value is -1.78. The number of carboxylic acids is 2. The second kappa shape index (κ2) is 10.3. The van der Waals surface area contributed by atoms with Crippen molar-refractivity contribution in [1.82, 2.24) is 0 Å². The number of carboxylic acid groups (broad SMARTS) is 2. The van der Waals surface area contributed by atoms with Crippen LogP contribution in [-0.2, 0) is 27.3 Å². The van der Waals surface area contributed by atoms with Crippen LogP contribution >= 0.6 is 31.9 Å². The van der Waals surface area contributed by atoms with Crippen LogP contribution < -0.4 is 10.2 Å². The average Bonchev–Trinajstić information content (AvgIpc) is 2.69. The van der Waals surface area contributed by atoms with Gasteiger partial charge >= 0.3 is 27.3 Å². The third kappa shape index (κ3) is 5.23. The summed E-state index contributed by atoms with van der Waals surface area (Å²) in [7, 11) is 0. The first-order valence-corrected chi connectivity index (χ1v) is 9.76. The number of carbonyl (C=O) groups excluding carboxylic acids is 2. The Morgan fingerprint density at radius 2 is 0.862 bits per heavy atom. The minimum absolute atomic E-state index is 0. The third-order valence-corrected chi connectivity index (χ3v) is 5.56. The Morgan fingerprint density at radius 3 is 1.17 bits per heavy atom. The van der Waals surface area contributed by atoms with Crippen molar-refractivity contribution >= 4 is 65.3 Å². The molecule has 0 aromatic heterocycles. The normalized spacial score (nSPS) is 10.0. The van der Waals surface area contributed by atoms with E-state index >= 15 is 0 Å². The van der Waals surface area contributed by atoms with Crippen LogP contribution in [0, 0.1) is 0 Å². The summed E-state index contributed by atoms with van der Waals surface area (Å²) in [4.78, 5) is 21.6. The van der Waals surface area contributed by atoms with Crippen LogP contribution in [0.4, 0.5) is 0 Å². The molecule has 4 aromatic rings. The molecule has 4 nitrogen and oxygen atoms in total. The van der Waals surface area contributed by atoms with Gasteiger partial charge in [0.05, 0.1) is 11.9 Å². The minimum Gasteiger partial charge on any atom is -0.545 e. The van der Waals surface area contributed by atoms with Crippen LogP contribution in [-0.4, -0.2) is 11.9 Å². The van der Waals surface area contributed by atoms with E-state index in [0.717, 1.165) is 19.7 Å². The van der Waals surface area contributed by atoms with Crippen molar-refractivity contribution in [2.45, 2.75) is 0 Å². The SMILES string of the molecule is O=C([O-])c1ccc(Br)c2ccccc12.O=C([O-])c1ccc(Br)c2ccccc12.[Cd+2]. The van der Waals surface area contributed by atoms with Gasteiger partial charge in [0, 0.05) is 20.1 Å².